The number of aryl methyl sites for hydroxylation is 1. The highest BCUT2D eigenvalue weighted by atomic mass is 16.1. The summed E-state index contributed by atoms with van der Waals surface area (Å²) in [6.07, 6.45) is 4.03. The second-order valence-electron chi connectivity index (χ2n) is 6.02. The fourth-order valence-corrected chi connectivity index (χ4v) is 3.08. The van der Waals surface area contributed by atoms with Crippen molar-refractivity contribution in [2.45, 2.75) is 39.5 Å². The Hall–Kier alpha value is -1.37. The molecule has 1 nitrogen and oxygen atoms in total. The molecule has 0 radical (unpaired) electrons. The predicted octanol–water partition coefficient (Wildman–Crippen LogP) is 4.43. The molecule has 102 valence electrons. The van der Waals surface area contributed by atoms with Crippen LogP contribution in [0.4, 0.5) is 0 Å². The molecule has 2 rings (SSSR count). The first kappa shape index (κ1) is 14.0. The minimum Gasteiger partial charge on any atom is -0.299 e. The third kappa shape index (κ3) is 3.56. The van der Waals surface area contributed by atoms with E-state index >= 15 is 0 Å². The summed E-state index contributed by atoms with van der Waals surface area (Å²) in [6, 6.07) is 10.6. The second kappa shape index (κ2) is 6.18. The van der Waals surface area contributed by atoms with Crippen molar-refractivity contribution in [3.63, 3.8) is 0 Å². The molecule has 3 atom stereocenters. The average Bonchev–Trinajstić information content (AvgIpc) is 2.41. The van der Waals surface area contributed by atoms with Crippen molar-refractivity contribution in [3.05, 3.63) is 48.0 Å². The number of hydrogen-bond acceptors (Lipinski definition) is 1. The summed E-state index contributed by atoms with van der Waals surface area (Å²) in [7, 11) is 0. The lowest BCUT2D eigenvalue weighted by Crippen LogP contribution is -2.32. The maximum atomic E-state index is 12.1. The molecule has 0 spiro atoms. The minimum absolute atomic E-state index is 0.222. The van der Waals surface area contributed by atoms with Crippen LogP contribution < -0.4 is 0 Å². The third-order valence-corrected chi connectivity index (χ3v) is 4.59. The van der Waals surface area contributed by atoms with Crippen molar-refractivity contribution in [1.82, 2.24) is 0 Å². The molecule has 0 aromatic heterocycles. The van der Waals surface area contributed by atoms with Gasteiger partial charge in [-0.3, -0.25) is 4.79 Å². The zero-order valence-electron chi connectivity index (χ0n) is 12.1. The van der Waals surface area contributed by atoms with E-state index in [9.17, 15) is 4.79 Å². The molecule has 0 bridgehead atoms. The Morgan fingerprint density at radius 2 is 2.00 bits per heavy atom. The second-order valence-corrected chi connectivity index (χ2v) is 6.02. The molecule has 19 heavy (non-hydrogen) atoms. The molecule has 1 aromatic rings. The molecular weight excluding hydrogens is 232 g/mol. The molecule has 1 aromatic carbocycles. The first-order valence-electron chi connectivity index (χ1n) is 7.30. The standard InChI is InChI=1S/C18H24O/c1-13(2)17-11-16(14(3)18(19)12-17)10-9-15-7-5-4-6-8-15/h4-8,14,16-17H,1,9-12H2,2-3H3. The lowest BCUT2D eigenvalue weighted by molar-refractivity contribution is -0.127. The van der Waals surface area contributed by atoms with Crippen LogP contribution in [0.3, 0.4) is 0 Å². The first-order chi connectivity index (χ1) is 9.08. The van der Waals surface area contributed by atoms with E-state index in [2.05, 4.69) is 44.7 Å². The van der Waals surface area contributed by atoms with Crippen LogP contribution in [0.5, 0.6) is 0 Å². The summed E-state index contributed by atoms with van der Waals surface area (Å²) in [5, 5.41) is 0. The highest BCUT2D eigenvalue weighted by Gasteiger charge is 2.33. The van der Waals surface area contributed by atoms with Gasteiger partial charge < -0.3 is 0 Å². The van der Waals surface area contributed by atoms with Gasteiger partial charge in [0.25, 0.3) is 0 Å². The number of hydrogen-bond donors (Lipinski definition) is 0. The van der Waals surface area contributed by atoms with Gasteiger partial charge in [-0.05, 0) is 43.6 Å². The average molecular weight is 256 g/mol. The molecular formula is C18H24O. The molecule has 1 heteroatoms. The molecule has 0 heterocycles. The summed E-state index contributed by atoms with van der Waals surface area (Å²) in [5.74, 6) is 1.57. The number of benzene rings is 1. The predicted molar refractivity (Wildman–Crippen MR) is 80.0 cm³/mol. The largest absolute Gasteiger partial charge is 0.299 e. The van der Waals surface area contributed by atoms with Crippen LogP contribution in [-0.4, -0.2) is 5.78 Å². The molecule has 1 aliphatic rings. The van der Waals surface area contributed by atoms with Crippen LogP contribution in [-0.2, 0) is 11.2 Å². The van der Waals surface area contributed by atoms with E-state index in [0.717, 1.165) is 19.3 Å². The fourth-order valence-electron chi connectivity index (χ4n) is 3.08. The molecule has 0 saturated heterocycles. The van der Waals surface area contributed by atoms with Crippen molar-refractivity contribution in [2.75, 3.05) is 0 Å². The Balaban J connectivity index is 1.97. The van der Waals surface area contributed by atoms with E-state index in [0.29, 0.717) is 24.0 Å². The van der Waals surface area contributed by atoms with Crippen LogP contribution in [0.15, 0.2) is 42.5 Å². The number of rotatable bonds is 4. The van der Waals surface area contributed by atoms with Gasteiger partial charge in [0, 0.05) is 12.3 Å². The van der Waals surface area contributed by atoms with Gasteiger partial charge in [-0.2, -0.15) is 0 Å². The minimum atomic E-state index is 0.222. The quantitative estimate of drug-likeness (QED) is 0.728. The van der Waals surface area contributed by atoms with E-state index < -0.39 is 0 Å². The molecule has 1 aliphatic carbocycles. The van der Waals surface area contributed by atoms with Gasteiger partial charge in [-0.25, -0.2) is 0 Å². The first-order valence-corrected chi connectivity index (χ1v) is 7.30. The van der Waals surface area contributed by atoms with Gasteiger partial charge in [-0.1, -0.05) is 49.4 Å². The molecule has 1 saturated carbocycles. The maximum absolute atomic E-state index is 12.1. The Morgan fingerprint density at radius 3 is 2.63 bits per heavy atom. The highest BCUT2D eigenvalue weighted by molar-refractivity contribution is 5.82. The van der Waals surface area contributed by atoms with Crippen molar-refractivity contribution < 1.29 is 4.79 Å². The normalized spacial score (nSPS) is 27.3. The van der Waals surface area contributed by atoms with Crippen molar-refractivity contribution in [1.29, 1.82) is 0 Å². The van der Waals surface area contributed by atoms with Crippen LogP contribution >= 0.6 is 0 Å². The number of ketones is 1. The molecule has 0 N–H and O–H groups in total. The topological polar surface area (TPSA) is 17.1 Å². The molecule has 3 unspecified atom stereocenters. The fraction of sp³-hybridized carbons (Fsp3) is 0.500. The SMILES string of the molecule is C=C(C)C1CC(=O)C(C)C(CCc2ccccc2)C1. The van der Waals surface area contributed by atoms with Gasteiger partial charge in [0.05, 0.1) is 0 Å². The van der Waals surface area contributed by atoms with Crippen molar-refractivity contribution >= 4 is 5.78 Å². The summed E-state index contributed by atoms with van der Waals surface area (Å²) in [6.45, 7) is 8.20. The Morgan fingerprint density at radius 1 is 1.32 bits per heavy atom. The Labute approximate surface area is 116 Å². The molecule has 0 amide bonds. The van der Waals surface area contributed by atoms with Gasteiger partial charge in [0.15, 0.2) is 0 Å². The van der Waals surface area contributed by atoms with E-state index in [4.69, 9.17) is 0 Å². The summed E-state index contributed by atoms with van der Waals surface area (Å²) in [4.78, 5) is 12.1. The highest BCUT2D eigenvalue weighted by Crippen LogP contribution is 2.37. The monoisotopic (exact) mass is 256 g/mol. The van der Waals surface area contributed by atoms with Crippen LogP contribution in [0.1, 0.15) is 38.7 Å². The van der Waals surface area contributed by atoms with E-state index in [1.807, 2.05) is 6.07 Å². The number of carbonyl (C=O) groups excluding carboxylic acids is 1. The molecule has 0 aliphatic heterocycles. The maximum Gasteiger partial charge on any atom is 0.136 e. The van der Waals surface area contributed by atoms with Gasteiger partial charge in [0.1, 0.15) is 5.78 Å². The summed E-state index contributed by atoms with van der Waals surface area (Å²) >= 11 is 0. The Bertz CT molecular complexity index is 446. The van der Waals surface area contributed by atoms with Gasteiger partial charge in [-0.15, -0.1) is 0 Å². The Kier molecular flexibility index (Phi) is 4.57. The number of carbonyl (C=O) groups is 1. The smallest absolute Gasteiger partial charge is 0.136 e. The third-order valence-electron chi connectivity index (χ3n) is 4.59. The van der Waals surface area contributed by atoms with Crippen molar-refractivity contribution in [3.8, 4) is 0 Å². The van der Waals surface area contributed by atoms with E-state index in [-0.39, 0.29) is 5.92 Å². The number of Topliss-reactive ketones (excluding diaryl/α,β-unsaturated/α-hetero) is 1. The lowest BCUT2D eigenvalue weighted by atomic mass is 9.70. The summed E-state index contributed by atoms with van der Waals surface area (Å²) < 4.78 is 0. The van der Waals surface area contributed by atoms with Crippen LogP contribution in [0.25, 0.3) is 0 Å². The zero-order valence-corrected chi connectivity index (χ0v) is 12.1. The zero-order chi connectivity index (χ0) is 13.8. The van der Waals surface area contributed by atoms with Gasteiger partial charge >= 0.3 is 0 Å². The lowest BCUT2D eigenvalue weighted by Gasteiger charge is -2.33. The van der Waals surface area contributed by atoms with Crippen molar-refractivity contribution in [2.24, 2.45) is 17.8 Å². The van der Waals surface area contributed by atoms with Gasteiger partial charge in [0.2, 0.25) is 0 Å². The van der Waals surface area contributed by atoms with E-state index in [1.165, 1.54) is 11.1 Å². The van der Waals surface area contributed by atoms with Crippen LogP contribution in [0, 0.1) is 17.8 Å². The number of allylic oxidation sites excluding steroid dienone is 1. The molecule has 1 fully saturated rings. The van der Waals surface area contributed by atoms with Crippen LogP contribution in [0.2, 0.25) is 0 Å². The van der Waals surface area contributed by atoms with E-state index in [1.54, 1.807) is 0 Å². The summed E-state index contributed by atoms with van der Waals surface area (Å²) in [5.41, 5.74) is 2.55.